The van der Waals surface area contributed by atoms with Gasteiger partial charge in [-0.3, -0.25) is 59.8 Å². The van der Waals surface area contributed by atoms with E-state index in [0.29, 0.717) is 44.8 Å². The molecule has 0 aliphatic carbocycles. The van der Waals surface area contributed by atoms with Gasteiger partial charge in [-0.25, -0.2) is 0 Å². The van der Waals surface area contributed by atoms with Crippen LogP contribution >= 0.6 is 0 Å². The van der Waals surface area contributed by atoms with Gasteiger partial charge in [0.15, 0.2) is 29.9 Å². The maximum atomic E-state index is 13.9. The number of unbranched alkanes of at least 4 members (excludes halogenated alkanes) is 1. The smallest absolute Gasteiger partial charge is 0.259 e. The lowest BCUT2D eigenvalue weighted by Crippen LogP contribution is -2.67. The van der Waals surface area contributed by atoms with Gasteiger partial charge in [-0.1, -0.05) is 26.7 Å². The monoisotopic (exact) mass is 796 g/mol. The highest BCUT2D eigenvalue weighted by Gasteiger charge is 2.34. The second kappa shape index (κ2) is 27.5. The van der Waals surface area contributed by atoms with Crippen molar-refractivity contribution in [2.24, 2.45) is 33.8 Å². The fourth-order valence-corrected chi connectivity index (χ4v) is 5.04. The predicted molar refractivity (Wildman–Crippen MR) is 204 cm³/mol. The van der Waals surface area contributed by atoms with Crippen LogP contribution in [0.4, 0.5) is 0 Å². The van der Waals surface area contributed by atoms with Crippen LogP contribution in [0.1, 0.15) is 79.6 Å². The van der Waals surface area contributed by atoms with E-state index in [0.717, 1.165) is 13.8 Å². The first-order chi connectivity index (χ1) is 26.3. The molecular formula is C34H60N12O10. The highest BCUT2D eigenvalue weighted by atomic mass is 16.2. The summed E-state index contributed by atoms with van der Waals surface area (Å²) in [4.78, 5) is 129. The summed E-state index contributed by atoms with van der Waals surface area (Å²) in [6.07, 6.45) is -2.37. The SMILES string of the molecule is CC[C@@H](C)[C@H](C=O)N[C@H](NC(=O)[C@@H](C)N[C@@H](CCCCN)C(=O)C(C)=O)C(=O)N[C@@H](N[C@@H](C=O)CC(N)=O)C(=O)N[C@@H](N[C@@H](C=O)CCCN=C(N)N)C(C)=O. The first-order valence-electron chi connectivity index (χ1n) is 18.3. The van der Waals surface area contributed by atoms with E-state index in [1.807, 2.05) is 0 Å². The Hall–Kier alpha value is -5.03. The molecule has 0 aliphatic heterocycles. The normalized spacial score (nSPS) is 15.8. The van der Waals surface area contributed by atoms with Crippen molar-refractivity contribution in [3.8, 4) is 0 Å². The van der Waals surface area contributed by atoms with Gasteiger partial charge in [0.25, 0.3) is 11.8 Å². The summed E-state index contributed by atoms with van der Waals surface area (Å²) in [6, 6.07) is -5.65. The van der Waals surface area contributed by atoms with E-state index in [2.05, 4.69) is 42.2 Å². The molecule has 0 aromatic carbocycles. The zero-order chi connectivity index (χ0) is 43.0. The summed E-state index contributed by atoms with van der Waals surface area (Å²) in [5, 5.41) is 17.8. The highest BCUT2D eigenvalue weighted by Crippen LogP contribution is 2.08. The van der Waals surface area contributed by atoms with Gasteiger partial charge < -0.3 is 53.3 Å². The molecule has 0 unspecified atom stereocenters. The number of nitrogens with one attached hydrogen (secondary N) is 7. The molecule has 0 saturated heterocycles. The first-order valence-corrected chi connectivity index (χ1v) is 18.3. The Labute approximate surface area is 326 Å². The molecule has 0 saturated carbocycles. The summed E-state index contributed by atoms with van der Waals surface area (Å²) in [5.74, 6) is -6.76. The second-order valence-corrected chi connectivity index (χ2v) is 13.2. The topological polar surface area (TPSA) is 371 Å². The van der Waals surface area contributed by atoms with Crippen LogP contribution in [-0.2, 0) is 47.9 Å². The number of amides is 4. The Morgan fingerprint density at radius 1 is 0.679 bits per heavy atom. The van der Waals surface area contributed by atoms with Crippen LogP contribution in [0.2, 0.25) is 0 Å². The molecule has 316 valence electrons. The van der Waals surface area contributed by atoms with Crippen LogP contribution in [-0.4, -0.2) is 128 Å². The van der Waals surface area contributed by atoms with Crippen molar-refractivity contribution >= 4 is 65.8 Å². The Kier molecular flexibility index (Phi) is 25.1. The van der Waals surface area contributed by atoms with Gasteiger partial charge in [-0.2, -0.15) is 0 Å². The number of ketones is 3. The third-order valence-electron chi connectivity index (χ3n) is 8.49. The van der Waals surface area contributed by atoms with E-state index in [9.17, 15) is 47.9 Å². The van der Waals surface area contributed by atoms with E-state index >= 15 is 0 Å². The third kappa shape index (κ3) is 20.0. The third-order valence-corrected chi connectivity index (χ3v) is 8.49. The van der Waals surface area contributed by atoms with E-state index < -0.39 is 96.1 Å². The molecule has 0 spiro atoms. The number of aldehydes is 3. The van der Waals surface area contributed by atoms with Gasteiger partial charge >= 0.3 is 0 Å². The van der Waals surface area contributed by atoms with E-state index in [-0.39, 0.29) is 37.6 Å². The van der Waals surface area contributed by atoms with Crippen molar-refractivity contribution in [3.63, 3.8) is 0 Å². The van der Waals surface area contributed by atoms with Crippen LogP contribution in [0.5, 0.6) is 0 Å². The molecule has 0 bridgehead atoms. The summed E-state index contributed by atoms with van der Waals surface area (Å²) in [6.45, 7) is 7.56. The summed E-state index contributed by atoms with van der Waals surface area (Å²) in [5.41, 5.74) is 21.4. The zero-order valence-corrected chi connectivity index (χ0v) is 32.6. The van der Waals surface area contributed by atoms with Crippen molar-refractivity contribution in [2.75, 3.05) is 13.1 Å². The van der Waals surface area contributed by atoms with Crippen molar-refractivity contribution in [1.29, 1.82) is 0 Å². The summed E-state index contributed by atoms with van der Waals surface area (Å²) >= 11 is 0. The van der Waals surface area contributed by atoms with Crippen molar-refractivity contribution in [2.45, 2.75) is 128 Å². The lowest BCUT2D eigenvalue weighted by molar-refractivity contribution is -0.137. The molecule has 22 nitrogen and oxygen atoms in total. The van der Waals surface area contributed by atoms with Crippen molar-refractivity contribution < 1.29 is 47.9 Å². The Balaban J connectivity index is 6.59. The largest absolute Gasteiger partial charge is 0.370 e. The summed E-state index contributed by atoms with van der Waals surface area (Å²) in [7, 11) is 0. The lowest BCUT2D eigenvalue weighted by atomic mass is 10.00. The van der Waals surface area contributed by atoms with Crippen LogP contribution < -0.4 is 60.2 Å². The number of nitrogens with zero attached hydrogens (tertiary/aromatic N) is 1. The second-order valence-electron chi connectivity index (χ2n) is 13.2. The number of carbonyl (C=O) groups excluding carboxylic acids is 10. The van der Waals surface area contributed by atoms with E-state index in [4.69, 9.17) is 22.9 Å². The summed E-state index contributed by atoms with van der Waals surface area (Å²) < 4.78 is 0. The number of nitrogens with two attached hydrogens (primary N) is 4. The molecule has 15 N–H and O–H groups in total. The minimum atomic E-state index is -1.90. The minimum absolute atomic E-state index is 0.149. The zero-order valence-electron chi connectivity index (χ0n) is 32.6. The van der Waals surface area contributed by atoms with Crippen molar-refractivity contribution in [1.82, 2.24) is 37.2 Å². The molecule has 0 fully saturated rings. The maximum absolute atomic E-state index is 13.9. The molecule has 0 radical (unpaired) electrons. The molecule has 22 heteroatoms. The Morgan fingerprint density at radius 3 is 1.71 bits per heavy atom. The van der Waals surface area contributed by atoms with Crippen molar-refractivity contribution in [3.05, 3.63) is 0 Å². The number of aliphatic imine (C=N–C) groups is 1. The van der Waals surface area contributed by atoms with E-state index in [1.165, 1.54) is 6.92 Å². The lowest BCUT2D eigenvalue weighted by Gasteiger charge is -2.30. The molecule has 0 heterocycles. The fraction of sp³-hybridized carbons (Fsp3) is 0.676. The average Bonchev–Trinajstić information content (AvgIpc) is 3.14. The van der Waals surface area contributed by atoms with Gasteiger partial charge in [0.1, 0.15) is 25.0 Å². The predicted octanol–water partition coefficient (Wildman–Crippen LogP) is -5.02. The molecule has 4 amide bonds. The Bertz CT molecular complexity index is 1390. The number of carbonyl (C=O) groups is 10. The van der Waals surface area contributed by atoms with Crippen LogP contribution in [0, 0.1) is 5.92 Å². The number of rotatable bonds is 32. The van der Waals surface area contributed by atoms with Crippen LogP contribution in [0.15, 0.2) is 4.99 Å². The maximum Gasteiger partial charge on any atom is 0.259 e. The van der Waals surface area contributed by atoms with Gasteiger partial charge in [0.05, 0.1) is 30.2 Å². The highest BCUT2D eigenvalue weighted by molar-refractivity contribution is 6.38. The van der Waals surface area contributed by atoms with Gasteiger partial charge in [-0.15, -0.1) is 0 Å². The fourth-order valence-electron chi connectivity index (χ4n) is 5.04. The van der Waals surface area contributed by atoms with Crippen LogP contribution in [0.3, 0.4) is 0 Å². The first kappa shape index (κ1) is 51.0. The quantitative estimate of drug-likeness (QED) is 0.00758. The molecule has 0 aromatic rings. The molecule has 56 heavy (non-hydrogen) atoms. The number of hydrogen-bond donors (Lipinski definition) is 11. The molecule has 0 aromatic heterocycles. The number of hydrogen-bond acceptors (Lipinski definition) is 16. The van der Waals surface area contributed by atoms with Gasteiger partial charge in [-0.05, 0) is 52.0 Å². The Morgan fingerprint density at radius 2 is 1.23 bits per heavy atom. The molecule has 0 aliphatic rings. The standard InChI is InChI=1S/C34H60N12O10/c1-6-18(2)25(17-49)43-30(45-31(54)19(3)40-24(11-7-8-12-35)27(53)20(4)50)33(56)46-29(42-23(16-48)14-26(36)52)32(55)44-28(21(5)51)41-22(15-47)10-9-13-39-34(37)38/h15-19,22-25,28-30,40-43H,6-14,35H2,1-5H3,(H2,36,52)(H,44,55)(H,45,54)(H,46,56)(H4,37,38,39)/t18-,19-,22-,23-,24+,25+,28-,29-,30-/m1/s1. The van der Waals surface area contributed by atoms with Gasteiger partial charge in [0.2, 0.25) is 17.6 Å². The number of primary amides is 1. The van der Waals surface area contributed by atoms with Gasteiger partial charge in [0, 0.05) is 19.9 Å². The molecule has 0 rings (SSSR count). The number of Topliss-reactive ketones (excluding diaryl/α,β-unsaturated/α-hetero) is 3. The van der Waals surface area contributed by atoms with E-state index in [1.54, 1.807) is 13.8 Å². The molecule has 9 atom stereocenters. The van der Waals surface area contributed by atoms with Crippen LogP contribution in [0.25, 0.3) is 0 Å². The number of guanidine groups is 1. The molecular weight excluding hydrogens is 736 g/mol. The average molecular weight is 797 g/mol. The minimum Gasteiger partial charge on any atom is -0.370 e.